The van der Waals surface area contributed by atoms with Gasteiger partial charge in [0.25, 0.3) is 5.91 Å². The van der Waals surface area contributed by atoms with E-state index in [1.807, 2.05) is 42.6 Å². The molecular weight excluding hydrogens is 479 g/mol. The van der Waals surface area contributed by atoms with Crippen molar-refractivity contribution in [1.82, 2.24) is 9.80 Å². The van der Waals surface area contributed by atoms with Gasteiger partial charge in [0, 0.05) is 23.5 Å². The zero-order valence-electron chi connectivity index (χ0n) is 21.0. The molecule has 1 heterocycles. The average Bonchev–Trinajstić information content (AvgIpc) is 3.41. The fraction of sp³-hybridized carbons (Fsp3) is 0.357. The summed E-state index contributed by atoms with van der Waals surface area (Å²) in [6.07, 6.45) is 2.29. The summed E-state index contributed by atoms with van der Waals surface area (Å²) in [5.74, 6) is 0.489. The Hall–Kier alpha value is -3.39. The van der Waals surface area contributed by atoms with Crippen LogP contribution >= 0.6 is 11.3 Å². The highest BCUT2D eigenvalue weighted by atomic mass is 32.1. The molecule has 0 saturated carbocycles. The molecule has 6 nitrogen and oxygen atoms in total. The van der Waals surface area contributed by atoms with Gasteiger partial charge in [0.1, 0.15) is 12.4 Å². The Bertz CT molecular complexity index is 1120. The molecule has 0 spiro atoms. The van der Waals surface area contributed by atoms with Crippen molar-refractivity contribution in [2.75, 3.05) is 33.9 Å². The fourth-order valence-corrected chi connectivity index (χ4v) is 4.54. The van der Waals surface area contributed by atoms with Crippen LogP contribution in [0.4, 0.5) is 4.39 Å². The van der Waals surface area contributed by atoms with Crippen LogP contribution in [0.15, 0.2) is 60.0 Å². The largest absolute Gasteiger partial charge is 0.493 e. The Morgan fingerprint density at radius 3 is 2.33 bits per heavy atom. The molecule has 0 fully saturated rings. The molecular formula is C28H33FN2O4S. The maximum Gasteiger partial charge on any atom is 0.254 e. The number of carbonyl (C=O) groups excluding carboxylic acids is 2. The summed E-state index contributed by atoms with van der Waals surface area (Å²) in [5.41, 5.74) is 1.39. The Morgan fingerprint density at radius 1 is 0.944 bits per heavy atom. The quantitative estimate of drug-likeness (QED) is 0.307. The topological polar surface area (TPSA) is 59.1 Å². The van der Waals surface area contributed by atoms with Gasteiger partial charge in [-0.15, -0.1) is 11.3 Å². The first-order valence-electron chi connectivity index (χ1n) is 12.0. The van der Waals surface area contributed by atoms with Crippen LogP contribution in [-0.4, -0.2) is 55.5 Å². The molecule has 0 bridgehead atoms. The van der Waals surface area contributed by atoms with Gasteiger partial charge >= 0.3 is 0 Å². The summed E-state index contributed by atoms with van der Waals surface area (Å²) in [6.45, 7) is 3.41. The molecule has 0 unspecified atom stereocenters. The summed E-state index contributed by atoms with van der Waals surface area (Å²) in [6, 6.07) is 15.1. The van der Waals surface area contributed by atoms with Crippen molar-refractivity contribution >= 4 is 23.2 Å². The molecule has 0 saturated heterocycles. The smallest absolute Gasteiger partial charge is 0.254 e. The zero-order chi connectivity index (χ0) is 25.9. The van der Waals surface area contributed by atoms with Gasteiger partial charge in [0.15, 0.2) is 11.5 Å². The van der Waals surface area contributed by atoms with Gasteiger partial charge in [-0.1, -0.05) is 25.5 Å². The van der Waals surface area contributed by atoms with E-state index in [0.717, 1.165) is 23.3 Å². The number of unbranched alkanes of at least 4 members (excludes halogenated alkanes) is 1. The lowest BCUT2D eigenvalue weighted by molar-refractivity contribution is -0.132. The van der Waals surface area contributed by atoms with Crippen LogP contribution in [0, 0.1) is 5.82 Å². The number of thiophene rings is 1. The van der Waals surface area contributed by atoms with Crippen molar-refractivity contribution in [2.24, 2.45) is 0 Å². The average molecular weight is 513 g/mol. The van der Waals surface area contributed by atoms with E-state index in [4.69, 9.17) is 9.47 Å². The van der Waals surface area contributed by atoms with E-state index in [0.29, 0.717) is 43.1 Å². The standard InChI is InChI=1S/C28H33FN2O4S/c1-4-5-15-31(28(33)22-9-11-23(29)12-10-22)20-27(32)30(19-24-7-6-17-36-24)16-14-21-8-13-25(34-2)26(18-21)35-3/h6-13,17-18H,4-5,14-16,19-20H2,1-3H3. The Balaban J connectivity index is 1.76. The molecule has 1 aromatic heterocycles. The Labute approximate surface area is 216 Å². The van der Waals surface area contributed by atoms with Crippen molar-refractivity contribution in [2.45, 2.75) is 32.7 Å². The first-order chi connectivity index (χ1) is 17.4. The van der Waals surface area contributed by atoms with Gasteiger partial charge in [-0.3, -0.25) is 9.59 Å². The maximum absolute atomic E-state index is 13.5. The van der Waals surface area contributed by atoms with Crippen LogP contribution < -0.4 is 9.47 Å². The number of methoxy groups -OCH3 is 2. The molecule has 3 aromatic rings. The van der Waals surface area contributed by atoms with Gasteiger partial charge in [-0.25, -0.2) is 4.39 Å². The molecule has 0 atom stereocenters. The minimum absolute atomic E-state index is 0.0342. The second-order valence-electron chi connectivity index (χ2n) is 8.42. The van der Waals surface area contributed by atoms with Crippen LogP contribution in [-0.2, 0) is 17.8 Å². The minimum Gasteiger partial charge on any atom is -0.493 e. The fourth-order valence-electron chi connectivity index (χ4n) is 3.82. The van der Waals surface area contributed by atoms with Crippen molar-refractivity contribution in [1.29, 1.82) is 0 Å². The zero-order valence-corrected chi connectivity index (χ0v) is 21.9. The molecule has 8 heteroatoms. The Morgan fingerprint density at radius 2 is 1.69 bits per heavy atom. The highest BCUT2D eigenvalue weighted by molar-refractivity contribution is 7.09. The highest BCUT2D eigenvalue weighted by Crippen LogP contribution is 2.28. The summed E-state index contributed by atoms with van der Waals surface area (Å²) >= 11 is 1.59. The molecule has 0 aliphatic heterocycles. The van der Waals surface area contributed by atoms with Crippen molar-refractivity contribution in [3.63, 3.8) is 0 Å². The van der Waals surface area contributed by atoms with Crippen molar-refractivity contribution in [3.8, 4) is 11.5 Å². The number of benzene rings is 2. The second-order valence-corrected chi connectivity index (χ2v) is 9.45. The Kier molecular flexibility index (Phi) is 10.3. The number of halogens is 1. The lowest BCUT2D eigenvalue weighted by Gasteiger charge is -2.28. The van der Waals surface area contributed by atoms with E-state index < -0.39 is 5.82 Å². The summed E-state index contributed by atoms with van der Waals surface area (Å²) in [7, 11) is 3.19. The van der Waals surface area contributed by atoms with Crippen LogP contribution in [0.25, 0.3) is 0 Å². The molecule has 3 rings (SSSR count). The number of ether oxygens (including phenoxy) is 2. The van der Waals surface area contributed by atoms with Crippen LogP contribution in [0.5, 0.6) is 11.5 Å². The monoisotopic (exact) mass is 512 g/mol. The highest BCUT2D eigenvalue weighted by Gasteiger charge is 2.23. The van der Waals surface area contributed by atoms with Crippen molar-refractivity contribution in [3.05, 3.63) is 81.8 Å². The third-order valence-corrected chi connectivity index (χ3v) is 6.75. The van der Waals surface area contributed by atoms with E-state index in [-0.39, 0.29) is 18.4 Å². The molecule has 0 aliphatic rings. The molecule has 2 aromatic carbocycles. The van der Waals surface area contributed by atoms with Crippen molar-refractivity contribution < 1.29 is 23.5 Å². The van der Waals surface area contributed by atoms with Crippen LogP contribution in [0.1, 0.15) is 40.6 Å². The van der Waals surface area contributed by atoms with Crippen LogP contribution in [0.3, 0.4) is 0 Å². The maximum atomic E-state index is 13.5. The number of carbonyl (C=O) groups is 2. The molecule has 36 heavy (non-hydrogen) atoms. The van der Waals surface area contributed by atoms with Gasteiger partial charge in [0.2, 0.25) is 5.91 Å². The first kappa shape index (κ1) is 27.2. The SMILES string of the molecule is CCCCN(CC(=O)N(CCc1ccc(OC)c(OC)c1)Cc1cccs1)C(=O)c1ccc(F)cc1. The second kappa shape index (κ2) is 13.6. The summed E-state index contributed by atoms with van der Waals surface area (Å²) < 4.78 is 24.1. The predicted octanol–water partition coefficient (Wildman–Crippen LogP) is 5.42. The molecule has 0 aliphatic carbocycles. The molecule has 192 valence electrons. The minimum atomic E-state index is -0.403. The number of hydrogen-bond acceptors (Lipinski definition) is 5. The predicted molar refractivity (Wildman–Crippen MR) is 140 cm³/mol. The number of hydrogen-bond donors (Lipinski definition) is 0. The van der Waals surface area contributed by atoms with Gasteiger partial charge < -0.3 is 19.3 Å². The van der Waals surface area contributed by atoms with Gasteiger partial charge in [-0.2, -0.15) is 0 Å². The van der Waals surface area contributed by atoms with E-state index in [1.54, 1.807) is 35.4 Å². The van der Waals surface area contributed by atoms with Gasteiger partial charge in [0.05, 0.1) is 20.8 Å². The lowest BCUT2D eigenvalue weighted by atomic mass is 10.1. The van der Waals surface area contributed by atoms with E-state index in [2.05, 4.69) is 0 Å². The van der Waals surface area contributed by atoms with Gasteiger partial charge in [-0.05, 0) is 66.2 Å². The first-order valence-corrected chi connectivity index (χ1v) is 12.9. The number of amides is 2. The molecule has 0 radical (unpaired) electrons. The van der Waals surface area contributed by atoms with E-state index in [9.17, 15) is 14.0 Å². The van der Waals surface area contributed by atoms with Crippen LogP contribution in [0.2, 0.25) is 0 Å². The van der Waals surface area contributed by atoms with E-state index >= 15 is 0 Å². The summed E-state index contributed by atoms with van der Waals surface area (Å²) in [4.78, 5) is 31.1. The third kappa shape index (κ3) is 7.55. The lowest BCUT2D eigenvalue weighted by Crippen LogP contribution is -2.43. The number of rotatable bonds is 13. The molecule has 2 amide bonds. The normalized spacial score (nSPS) is 10.7. The summed E-state index contributed by atoms with van der Waals surface area (Å²) in [5, 5.41) is 1.98. The van der Waals surface area contributed by atoms with E-state index in [1.165, 1.54) is 24.3 Å². The third-order valence-electron chi connectivity index (χ3n) is 5.88. The molecule has 0 N–H and O–H groups in total. The number of nitrogens with zero attached hydrogens (tertiary/aromatic N) is 2.